The Morgan fingerprint density at radius 2 is 2.00 bits per heavy atom. The fourth-order valence-corrected chi connectivity index (χ4v) is 3.60. The lowest BCUT2D eigenvalue weighted by molar-refractivity contribution is 0.147. The molecule has 1 heterocycles. The highest BCUT2D eigenvalue weighted by atomic mass is 16.5. The summed E-state index contributed by atoms with van der Waals surface area (Å²) in [5.74, 6) is 0.981. The second-order valence-corrected chi connectivity index (χ2v) is 6.63. The van der Waals surface area contributed by atoms with E-state index in [0.717, 1.165) is 29.5 Å². The van der Waals surface area contributed by atoms with Gasteiger partial charge in [-0.15, -0.1) is 0 Å². The maximum Gasteiger partial charge on any atom is 0.123 e. The summed E-state index contributed by atoms with van der Waals surface area (Å²) < 4.78 is 6.35. The summed E-state index contributed by atoms with van der Waals surface area (Å²) >= 11 is 0. The molecule has 0 amide bonds. The van der Waals surface area contributed by atoms with Crippen molar-refractivity contribution in [2.45, 2.75) is 44.8 Å². The average Bonchev–Trinajstić information content (AvgIpc) is 3.08. The van der Waals surface area contributed by atoms with Gasteiger partial charge in [0.1, 0.15) is 11.9 Å². The molecule has 1 fully saturated rings. The van der Waals surface area contributed by atoms with Crippen molar-refractivity contribution in [2.24, 2.45) is 0 Å². The highest BCUT2D eigenvalue weighted by Gasteiger charge is 2.24. The van der Waals surface area contributed by atoms with Crippen molar-refractivity contribution in [3.05, 3.63) is 54.2 Å². The van der Waals surface area contributed by atoms with Crippen LogP contribution in [-0.2, 0) is 0 Å². The first-order valence-corrected chi connectivity index (χ1v) is 8.70. The lowest BCUT2D eigenvalue weighted by Gasteiger charge is -2.31. The summed E-state index contributed by atoms with van der Waals surface area (Å²) in [6, 6.07) is 15.0. The third-order valence-corrected chi connectivity index (χ3v) is 4.91. The Labute approximate surface area is 142 Å². The molecule has 0 bridgehead atoms. The molecule has 4 nitrogen and oxygen atoms in total. The van der Waals surface area contributed by atoms with E-state index in [4.69, 9.17) is 4.74 Å². The number of nitrogens with zero attached hydrogens (tertiary/aromatic N) is 1. The molecule has 0 spiro atoms. The van der Waals surface area contributed by atoms with Crippen LogP contribution in [0.15, 0.2) is 48.7 Å². The first-order chi connectivity index (χ1) is 11.8. The van der Waals surface area contributed by atoms with Crippen molar-refractivity contribution < 1.29 is 4.74 Å². The molecule has 24 heavy (non-hydrogen) atoms. The monoisotopic (exact) mass is 321 g/mol. The minimum Gasteiger partial charge on any atom is -0.490 e. The summed E-state index contributed by atoms with van der Waals surface area (Å²) in [5, 5.41) is 11.9. The smallest absolute Gasteiger partial charge is 0.123 e. The molecule has 3 aromatic rings. The van der Waals surface area contributed by atoms with E-state index in [-0.39, 0.29) is 6.10 Å². The summed E-state index contributed by atoms with van der Waals surface area (Å²) in [4.78, 5) is 0. The molecule has 2 N–H and O–H groups in total. The molecule has 2 aromatic carbocycles. The fourth-order valence-electron chi connectivity index (χ4n) is 3.60. The first kappa shape index (κ1) is 15.1. The molecule has 1 aliphatic rings. The topological polar surface area (TPSA) is 49.9 Å². The highest BCUT2D eigenvalue weighted by molar-refractivity contribution is 5.83. The number of rotatable bonds is 4. The Bertz CT molecular complexity index is 812. The van der Waals surface area contributed by atoms with Gasteiger partial charge in [-0.05, 0) is 50.5 Å². The van der Waals surface area contributed by atoms with Gasteiger partial charge in [-0.2, -0.15) is 5.10 Å². The molecule has 1 aliphatic carbocycles. The number of H-pyrrole nitrogens is 1. The second kappa shape index (κ2) is 6.56. The zero-order chi connectivity index (χ0) is 16.4. The Balaban J connectivity index is 1.45. The summed E-state index contributed by atoms with van der Waals surface area (Å²) in [7, 11) is 0. The number of aromatic amines is 1. The van der Waals surface area contributed by atoms with Crippen LogP contribution in [0.25, 0.3) is 10.9 Å². The number of nitrogens with one attached hydrogen (secondary N) is 2. The van der Waals surface area contributed by atoms with E-state index in [2.05, 4.69) is 52.8 Å². The van der Waals surface area contributed by atoms with Crippen LogP contribution >= 0.6 is 0 Å². The van der Waals surface area contributed by atoms with Crippen LogP contribution in [-0.4, -0.2) is 22.3 Å². The highest BCUT2D eigenvalue weighted by Crippen LogP contribution is 2.30. The van der Waals surface area contributed by atoms with Crippen molar-refractivity contribution in [3.8, 4) is 5.75 Å². The number of hydrogen-bond donors (Lipinski definition) is 2. The van der Waals surface area contributed by atoms with Gasteiger partial charge in [0.2, 0.25) is 0 Å². The van der Waals surface area contributed by atoms with Crippen molar-refractivity contribution in [1.29, 1.82) is 0 Å². The van der Waals surface area contributed by atoms with Gasteiger partial charge >= 0.3 is 0 Å². The average molecular weight is 321 g/mol. The number of para-hydroxylation sites is 1. The van der Waals surface area contributed by atoms with Gasteiger partial charge in [-0.25, -0.2) is 0 Å². The van der Waals surface area contributed by atoms with Gasteiger partial charge in [0.05, 0.1) is 11.7 Å². The second-order valence-electron chi connectivity index (χ2n) is 6.63. The van der Waals surface area contributed by atoms with Gasteiger partial charge in [0.15, 0.2) is 0 Å². The Hall–Kier alpha value is -2.49. The molecule has 4 rings (SSSR count). The van der Waals surface area contributed by atoms with Crippen molar-refractivity contribution in [2.75, 3.05) is 5.32 Å². The minimum atomic E-state index is 0.267. The number of fused-ring (bicyclic) bond motifs is 1. The van der Waals surface area contributed by atoms with E-state index in [1.54, 1.807) is 0 Å². The van der Waals surface area contributed by atoms with Crippen molar-refractivity contribution in [1.82, 2.24) is 10.2 Å². The number of anilines is 1. The van der Waals surface area contributed by atoms with E-state index < -0.39 is 0 Å². The summed E-state index contributed by atoms with van der Waals surface area (Å²) in [5.41, 5.74) is 3.42. The van der Waals surface area contributed by atoms with Crippen LogP contribution in [0.1, 0.15) is 31.2 Å². The minimum absolute atomic E-state index is 0.267. The number of benzene rings is 2. The molecule has 0 saturated heterocycles. The van der Waals surface area contributed by atoms with Gasteiger partial charge in [0.25, 0.3) is 0 Å². The Morgan fingerprint density at radius 3 is 2.88 bits per heavy atom. The Kier molecular flexibility index (Phi) is 4.11. The van der Waals surface area contributed by atoms with Gasteiger partial charge < -0.3 is 10.1 Å². The largest absolute Gasteiger partial charge is 0.490 e. The molecule has 1 saturated carbocycles. The molecule has 2 atom stereocenters. The predicted octanol–water partition coefficient (Wildman–Crippen LogP) is 4.67. The number of aryl methyl sites for hydroxylation is 1. The van der Waals surface area contributed by atoms with Crippen LogP contribution < -0.4 is 10.1 Å². The van der Waals surface area contributed by atoms with Crippen molar-refractivity contribution in [3.63, 3.8) is 0 Å². The molecular weight excluding hydrogens is 298 g/mol. The van der Waals surface area contributed by atoms with E-state index in [1.165, 1.54) is 24.1 Å². The molecule has 124 valence electrons. The molecular formula is C20H23N3O. The van der Waals surface area contributed by atoms with Crippen LogP contribution in [0, 0.1) is 6.92 Å². The Morgan fingerprint density at radius 1 is 1.12 bits per heavy atom. The molecule has 1 aromatic heterocycles. The lowest BCUT2D eigenvalue weighted by Crippen LogP contribution is -2.33. The van der Waals surface area contributed by atoms with E-state index in [0.29, 0.717) is 6.04 Å². The van der Waals surface area contributed by atoms with Crippen LogP contribution in [0.2, 0.25) is 0 Å². The summed E-state index contributed by atoms with van der Waals surface area (Å²) in [6.45, 7) is 2.11. The van der Waals surface area contributed by atoms with Crippen LogP contribution in [0.5, 0.6) is 5.75 Å². The first-order valence-electron chi connectivity index (χ1n) is 8.70. The number of hydrogen-bond acceptors (Lipinski definition) is 3. The van der Waals surface area contributed by atoms with Gasteiger partial charge in [-0.1, -0.05) is 18.2 Å². The third kappa shape index (κ3) is 3.09. The molecule has 4 heteroatoms. The van der Waals surface area contributed by atoms with Crippen molar-refractivity contribution >= 4 is 16.6 Å². The SMILES string of the molecule is Cc1c(O[C@H]2CCC[C@@H](Nc3ccccc3)C2)ccc2[nH]ncc12. The fraction of sp³-hybridized carbons (Fsp3) is 0.350. The maximum absolute atomic E-state index is 6.35. The maximum atomic E-state index is 6.35. The van der Waals surface area contributed by atoms with E-state index in [1.807, 2.05) is 18.3 Å². The quantitative estimate of drug-likeness (QED) is 0.734. The normalized spacial score (nSPS) is 20.9. The predicted molar refractivity (Wildman–Crippen MR) is 97.6 cm³/mol. The van der Waals surface area contributed by atoms with Gasteiger partial charge in [0, 0.05) is 29.1 Å². The number of aromatic nitrogens is 2. The van der Waals surface area contributed by atoms with Crippen LogP contribution in [0.3, 0.4) is 0 Å². The van der Waals surface area contributed by atoms with Gasteiger partial charge in [-0.3, -0.25) is 5.10 Å². The number of ether oxygens (including phenoxy) is 1. The zero-order valence-electron chi connectivity index (χ0n) is 14.0. The zero-order valence-corrected chi connectivity index (χ0v) is 14.0. The van der Waals surface area contributed by atoms with Crippen LogP contribution in [0.4, 0.5) is 5.69 Å². The van der Waals surface area contributed by atoms with E-state index in [9.17, 15) is 0 Å². The lowest BCUT2D eigenvalue weighted by atomic mass is 9.92. The molecule has 0 aliphatic heterocycles. The summed E-state index contributed by atoms with van der Waals surface area (Å²) in [6.07, 6.45) is 6.70. The molecule has 0 unspecified atom stereocenters. The third-order valence-electron chi connectivity index (χ3n) is 4.91. The standard InChI is InChI=1S/C20H23N3O/c1-14-18-13-21-23-19(18)10-11-20(14)24-17-9-5-8-16(12-17)22-15-6-3-2-4-7-15/h2-4,6-7,10-11,13,16-17,22H,5,8-9,12H2,1H3,(H,21,23)/t16-,17+/m1/s1. The van der Waals surface area contributed by atoms with E-state index >= 15 is 0 Å². The molecule has 0 radical (unpaired) electrons.